The molecule has 0 radical (unpaired) electrons. The molecule has 1 N–H and O–H groups in total. The van der Waals surface area contributed by atoms with Gasteiger partial charge in [-0.3, -0.25) is 19.3 Å². The van der Waals surface area contributed by atoms with Crippen LogP contribution in [0.2, 0.25) is 0 Å². The molecule has 0 atom stereocenters. The monoisotopic (exact) mass is 449 g/mol. The number of anilines is 1. The van der Waals surface area contributed by atoms with Crippen LogP contribution in [0.1, 0.15) is 13.8 Å². The second-order valence-electron chi connectivity index (χ2n) is 6.86. The minimum absolute atomic E-state index is 0.0686. The molecule has 4 rings (SSSR count). The van der Waals surface area contributed by atoms with Crippen LogP contribution in [0.25, 0.3) is 16.7 Å². The van der Waals surface area contributed by atoms with Gasteiger partial charge in [0, 0.05) is 12.2 Å². The number of para-hydroxylation sites is 1. The Balaban J connectivity index is 1.66. The normalized spacial score (nSPS) is 10.9. The number of H-pyrrole nitrogens is 1. The molecular formula is C23H23N5O3S. The summed E-state index contributed by atoms with van der Waals surface area (Å²) in [7, 11) is 0. The highest BCUT2D eigenvalue weighted by molar-refractivity contribution is 7.99. The summed E-state index contributed by atoms with van der Waals surface area (Å²) >= 11 is 1.22. The largest absolute Gasteiger partial charge is 0.494 e. The molecule has 0 saturated carbocycles. The minimum atomic E-state index is -0.252. The Labute approximate surface area is 189 Å². The van der Waals surface area contributed by atoms with E-state index in [0.29, 0.717) is 40.8 Å². The first-order valence-electron chi connectivity index (χ1n) is 10.3. The quantitative estimate of drug-likeness (QED) is 0.326. The van der Waals surface area contributed by atoms with Crippen molar-refractivity contribution in [3.05, 3.63) is 71.1 Å². The molecule has 8 nitrogen and oxygen atoms in total. The molecule has 1 amide bonds. The topological polar surface area (TPSA) is 93.1 Å². The molecule has 164 valence electrons. The molecule has 2 aromatic carbocycles. The number of amides is 1. The molecular weight excluding hydrogens is 426 g/mol. The Morgan fingerprint density at radius 3 is 2.56 bits per heavy atom. The molecule has 0 saturated heterocycles. The smallest absolute Gasteiger partial charge is 0.269 e. The van der Waals surface area contributed by atoms with E-state index < -0.39 is 0 Å². The molecule has 0 spiro atoms. The van der Waals surface area contributed by atoms with Gasteiger partial charge in [-0.05, 0) is 50.2 Å². The van der Waals surface area contributed by atoms with E-state index in [1.807, 2.05) is 44.2 Å². The first-order valence-corrected chi connectivity index (χ1v) is 11.3. The molecule has 0 bridgehead atoms. The van der Waals surface area contributed by atoms with Gasteiger partial charge < -0.3 is 9.64 Å². The number of rotatable bonds is 8. The third-order valence-corrected chi connectivity index (χ3v) is 5.79. The Hall–Kier alpha value is -3.59. The van der Waals surface area contributed by atoms with Crippen molar-refractivity contribution < 1.29 is 9.53 Å². The van der Waals surface area contributed by atoms with Crippen molar-refractivity contribution in [2.24, 2.45) is 0 Å². The highest BCUT2D eigenvalue weighted by Crippen LogP contribution is 2.23. The van der Waals surface area contributed by atoms with Crippen molar-refractivity contribution >= 4 is 34.4 Å². The second kappa shape index (κ2) is 9.69. The van der Waals surface area contributed by atoms with E-state index >= 15 is 0 Å². The van der Waals surface area contributed by atoms with E-state index in [1.54, 1.807) is 29.2 Å². The Morgan fingerprint density at radius 1 is 1.12 bits per heavy atom. The number of carbonyl (C=O) groups excluding carboxylic acids is 1. The standard InChI is InChI=1S/C23H23N5O3S/c1-3-27(16-8-6-5-7-9-16)20(29)15-32-23-25-21-19(14-24-26-21)22(30)28(23)17-10-12-18(13-11-17)31-4-2/h5-14H,3-4,15H2,1-2H3,(H,24,26). The van der Waals surface area contributed by atoms with Gasteiger partial charge in [0.15, 0.2) is 10.8 Å². The number of hydrogen-bond donors (Lipinski definition) is 1. The maximum Gasteiger partial charge on any atom is 0.269 e. The molecule has 9 heteroatoms. The zero-order chi connectivity index (χ0) is 22.5. The third kappa shape index (κ3) is 4.38. The molecule has 2 aromatic heterocycles. The Bertz CT molecular complexity index is 1270. The molecule has 0 unspecified atom stereocenters. The van der Waals surface area contributed by atoms with Gasteiger partial charge in [0.2, 0.25) is 5.91 Å². The Morgan fingerprint density at radius 2 is 1.88 bits per heavy atom. The van der Waals surface area contributed by atoms with Crippen LogP contribution in [-0.2, 0) is 4.79 Å². The molecule has 4 aromatic rings. The number of ether oxygens (including phenoxy) is 1. The van der Waals surface area contributed by atoms with Gasteiger partial charge in [0.25, 0.3) is 5.56 Å². The zero-order valence-electron chi connectivity index (χ0n) is 17.8. The van der Waals surface area contributed by atoms with E-state index in [9.17, 15) is 9.59 Å². The highest BCUT2D eigenvalue weighted by Gasteiger charge is 2.19. The lowest BCUT2D eigenvalue weighted by molar-refractivity contribution is -0.116. The van der Waals surface area contributed by atoms with Gasteiger partial charge in [-0.1, -0.05) is 30.0 Å². The predicted molar refractivity (Wildman–Crippen MR) is 126 cm³/mol. The fraction of sp³-hybridized carbons (Fsp3) is 0.217. The van der Waals surface area contributed by atoms with Crippen molar-refractivity contribution in [1.82, 2.24) is 19.7 Å². The lowest BCUT2D eigenvalue weighted by Gasteiger charge is -2.21. The van der Waals surface area contributed by atoms with Crippen LogP contribution in [0.4, 0.5) is 5.69 Å². The number of carbonyl (C=O) groups is 1. The number of nitrogens with one attached hydrogen (secondary N) is 1. The third-order valence-electron chi connectivity index (χ3n) is 4.87. The minimum Gasteiger partial charge on any atom is -0.494 e. The first-order chi connectivity index (χ1) is 15.6. The number of thioether (sulfide) groups is 1. The van der Waals surface area contributed by atoms with Gasteiger partial charge in [0.05, 0.1) is 24.2 Å². The predicted octanol–water partition coefficient (Wildman–Crippen LogP) is 3.65. The summed E-state index contributed by atoms with van der Waals surface area (Å²) in [5.74, 6) is 0.777. The molecule has 0 aliphatic rings. The number of benzene rings is 2. The lowest BCUT2D eigenvalue weighted by atomic mass is 10.3. The summed E-state index contributed by atoms with van der Waals surface area (Å²) in [6.07, 6.45) is 1.46. The zero-order valence-corrected chi connectivity index (χ0v) is 18.6. The SMILES string of the molecule is CCOc1ccc(-n2c(SCC(=O)N(CC)c3ccccc3)nc3[nH]ncc3c2=O)cc1. The maximum atomic E-state index is 13.2. The number of hydrogen-bond acceptors (Lipinski definition) is 6. The van der Waals surface area contributed by atoms with Gasteiger partial charge in [-0.25, -0.2) is 4.98 Å². The molecule has 0 fully saturated rings. The lowest BCUT2D eigenvalue weighted by Crippen LogP contribution is -2.32. The first kappa shape index (κ1) is 21.6. The van der Waals surface area contributed by atoms with Gasteiger partial charge in [-0.15, -0.1) is 0 Å². The summed E-state index contributed by atoms with van der Waals surface area (Å²) in [4.78, 5) is 32.4. The number of aromatic nitrogens is 4. The van der Waals surface area contributed by atoms with Crippen LogP contribution in [0, 0.1) is 0 Å². The fourth-order valence-electron chi connectivity index (χ4n) is 3.37. The summed E-state index contributed by atoms with van der Waals surface area (Å²) in [6.45, 7) is 4.94. The fourth-order valence-corrected chi connectivity index (χ4v) is 4.25. The van der Waals surface area contributed by atoms with Crippen LogP contribution in [0.3, 0.4) is 0 Å². The van der Waals surface area contributed by atoms with Gasteiger partial charge >= 0.3 is 0 Å². The summed E-state index contributed by atoms with van der Waals surface area (Å²) < 4.78 is 7.01. The van der Waals surface area contributed by atoms with Crippen LogP contribution in [0.15, 0.2) is 70.7 Å². The van der Waals surface area contributed by atoms with Crippen LogP contribution in [-0.4, -0.2) is 44.6 Å². The van der Waals surface area contributed by atoms with E-state index in [0.717, 1.165) is 5.69 Å². The molecule has 2 heterocycles. The van der Waals surface area contributed by atoms with Crippen molar-refractivity contribution in [3.8, 4) is 11.4 Å². The van der Waals surface area contributed by atoms with E-state index in [-0.39, 0.29) is 17.2 Å². The van der Waals surface area contributed by atoms with Crippen LogP contribution < -0.4 is 15.2 Å². The van der Waals surface area contributed by atoms with E-state index in [1.165, 1.54) is 22.5 Å². The highest BCUT2D eigenvalue weighted by atomic mass is 32.2. The Kier molecular flexibility index (Phi) is 6.55. The number of nitrogens with zero attached hydrogens (tertiary/aromatic N) is 4. The summed E-state index contributed by atoms with van der Waals surface area (Å²) in [5.41, 5.74) is 1.61. The molecule has 0 aliphatic heterocycles. The molecule has 32 heavy (non-hydrogen) atoms. The van der Waals surface area contributed by atoms with Crippen molar-refractivity contribution in [1.29, 1.82) is 0 Å². The average Bonchev–Trinajstić information content (AvgIpc) is 3.29. The van der Waals surface area contributed by atoms with Gasteiger partial charge in [-0.2, -0.15) is 5.10 Å². The van der Waals surface area contributed by atoms with Crippen molar-refractivity contribution in [2.45, 2.75) is 19.0 Å². The number of aromatic amines is 1. The van der Waals surface area contributed by atoms with Crippen molar-refractivity contribution in [3.63, 3.8) is 0 Å². The number of fused-ring (bicyclic) bond motifs is 1. The summed E-state index contributed by atoms with van der Waals surface area (Å²) in [5, 5.41) is 7.49. The average molecular weight is 450 g/mol. The van der Waals surface area contributed by atoms with Crippen LogP contribution >= 0.6 is 11.8 Å². The summed E-state index contributed by atoms with van der Waals surface area (Å²) in [6, 6.07) is 16.7. The van der Waals surface area contributed by atoms with Gasteiger partial charge in [0.1, 0.15) is 11.1 Å². The van der Waals surface area contributed by atoms with Crippen molar-refractivity contribution in [2.75, 3.05) is 23.8 Å². The molecule has 0 aliphatic carbocycles. The van der Waals surface area contributed by atoms with Crippen LogP contribution in [0.5, 0.6) is 5.75 Å². The van der Waals surface area contributed by atoms with E-state index in [4.69, 9.17) is 4.74 Å². The van der Waals surface area contributed by atoms with E-state index in [2.05, 4.69) is 15.2 Å². The second-order valence-corrected chi connectivity index (χ2v) is 7.80. The maximum absolute atomic E-state index is 13.2.